The number of nitrogens with zero attached hydrogens (tertiary/aromatic N) is 4. The maximum absolute atomic E-state index is 12.9. The van der Waals surface area contributed by atoms with Gasteiger partial charge in [0.2, 0.25) is 11.8 Å². The Morgan fingerprint density at radius 1 is 1.07 bits per heavy atom. The lowest BCUT2D eigenvalue weighted by atomic mass is 10.1. The number of rotatable bonds is 3. The highest BCUT2D eigenvalue weighted by Crippen LogP contribution is 2.27. The number of piperazine rings is 1. The minimum Gasteiger partial charge on any atom is -0.353 e. The topological polar surface area (TPSA) is 56.8 Å². The van der Waals surface area contributed by atoms with Gasteiger partial charge in [-0.25, -0.2) is 4.98 Å². The van der Waals surface area contributed by atoms with Crippen LogP contribution in [0.1, 0.15) is 12.0 Å². The molecule has 6 heteroatoms. The molecule has 0 N–H and O–H groups in total. The molecule has 4 rings (SSSR count). The van der Waals surface area contributed by atoms with E-state index in [9.17, 15) is 9.59 Å². The molecule has 1 atom stereocenters. The maximum atomic E-state index is 12.9. The second-order valence-corrected chi connectivity index (χ2v) is 7.24. The standard InChI is InChI=1S/C21H24N4O2/c1-16-5-4-6-18(13-16)25-15-17(14-20(25)26)21(27)24-11-9-23(10-12-24)19-7-2-3-8-22-19/h2-8,13,17H,9-12,14-15H2,1H3. The lowest BCUT2D eigenvalue weighted by molar-refractivity contribution is -0.136. The molecule has 0 aliphatic carbocycles. The summed E-state index contributed by atoms with van der Waals surface area (Å²) in [5, 5.41) is 0. The van der Waals surface area contributed by atoms with Crippen molar-refractivity contribution in [2.24, 2.45) is 5.92 Å². The van der Waals surface area contributed by atoms with Gasteiger partial charge in [0, 0.05) is 51.0 Å². The van der Waals surface area contributed by atoms with Crippen molar-refractivity contribution in [3.63, 3.8) is 0 Å². The molecule has 0 bridgehead atoms. The van der Waals surface area contributed by atoms with Gasteiger partial charge in [-0.15, -0.1) is 0 Å². The van der Waals surface area contributed by atoms with Crippen LogP contribution in [0.2, 0.25) is 0 Å². The first-order valence-electron chi connectivity index (χ1n) is 9.43. The molecule has 2 fully saturated rings. The Morgan fingerprint density at radius 2 is 1.89 bits per heavy atom. The Kier molecular flexibility index (Phi) is 4.79. The fraction of sp³-hybridized carbons (Fsp3) is 0.381. The molecular weight excluding hydrogens is 340 g/mol. The molecule has 2 aromatic rings. The Hall–Kier alpha value is -2.89. The summed E-state index contributed by atoms with van der Waals surface area (Å²) < 4.78 is 0. The van der Waals surface area contributed by atoms with Crippen molar-refractivity contribution >= 4 is 23.3 Å². The van der Waals surface area contributed by atoms with Gasteiger partial charge in [0.15, 0.2) is 0 Å². The molecule has 6 nitrogen and oxygen atoms in total. The number of pyridine rings is 1. The third-order valence-electron chi connectivity index (χ3n) is 5.35. The number of hydrogen-bond acceptors (Lipinski definition) is 4. The van der Waals surface area contributed by atoms with Crippen LogP contribution in [-0.2, 0) is 9.59 Å². The Balaban J connectivity index is 1.37. The van der Waals surface area contributed by atoms with E-state index < -0.39 is 0 Å². The first-order valence-corrected chi connectivity index (χ1v) is 9.43. The van der Waals surface area contributed by atoms with Crippen molar-refractivity contribution in [1.29, 1.82) is 0 Å². The van der Waals surface area contributed by atoms with Gasteiger partial charge in [-0.1, -0.05) is 18.2 Å². The Bertz CT molecular complexity index is 831. The molecule has 1 aromatic heterocycles. The molecule has 2 saturated heterocycles. The molecule has 1 unspecified atom stereocenters. The van der Waals surface area contributed by atoms with E-state index in [1.165, 1.54) is 0 Å². The number of carbonyl (C=O) groups is 2. The van der Waals surface area contributed by atoms with Crippen LogP contribution in [0, 0.1) is 12.8 Å². The highest BCUT2D eigenvalue weighted by Gasteiger charge is 2.38. The third kappa shape index (κ3) is 3.65. The highest BCUT2D eigenvalue weighted by molar-refractivity contribution is 6.00. The molecule has 0 radical (unpaired) electrons. The summed E-state index contributed by atoms with van der Waals surface area (Å²) in [6.45, 7) is 5.36. The number of amides is 2. The predicted octanol–water partition coefficient (Wildman–Crippen LogP) is 2.09. The van der Waals surface area contributed by atoms with Gasteiger partial charge in [-0.2, -0.15) is 0 Å². The first kappa shape index (κ1) is 17.5. The van der Waals surface area contributed by atoms with Crippen LogP contribution in [0.4, 0.5) is 11.5 Å². The van der Waals surface area contributed by atoms with Gasteiger partial charge in [0.25, 0.3) is 0 Å². The van der Waals surface area contributed by atoms with Gasteiger partial charge in [-0.05, 0) is 36.8 Å². The average Bonchev–Trinajstić information content (AvgIpc) is 3.10. The predicted molar refractivity (Wildman–Crippen MR) is 105 cm³/mol. The monoisotopic (exact) mass is 364 g/mol. The summed E-state index contributed by atoms with van der Waals surface area (Å²) in [7, 11) is 0. The molecule has 2 aliphatic rings. The smallest absolute Gasteiger partial charge is 0.228 e. The molecule has 3 heterocycles. The zero-order chi connectivity index (χ0) is 18.8. The maximum Gasteiger partial charge on any atom is 0.228 e. The van der Waals surface area contributed by atoms with Crippen LogP contribution >= 0.6 is 0 Å². The summed E-state index contributed by atoms with van der Waals surface area (Å²) in [6.07, 6.45) is 2.09. The van der Waals surface area contributed by atoms with Gasteiger partial charge in [0.1, 0.15) is 5.82 Å². The zero-order valence-electron chi connectivity index (χ0n) is 15.5. The van der Waals surface area contributed by atoms with Gasteiger partial charge < -0.3 is 14.7 Å². The first-order chi connectivity index (χ1) is 13.1. The van der Waals surface area contributed by atoms with Crippen LogP contribution in [-0.4, -0.2) is 54.4 Å². The number of benzene rings is 1. The van der Waals surface area contributed by atoms with Crippen molar-refractivity contribution in [1.82, 2.24) is 9.88 Å². The van der Waals surface area contributed by atoms with E-state index in [1.54, 1.807) is 11.1 Å². The zero-order valence-corrected chi connectivity index (χ0v) is 15.5. The number of hydrogen-bond donors (Lipinski definition) is 0. The lowest BCUT2D eigenvalue weighted by Crippen LogP contribution is -2.51. The summed E-state index contributed by atoms with van der Waals surface area (Å²) in [5.41, 5.74) is 2.00. The van der Waals surface area contributed by atoms with Crippen molar-refractivity contribution in [3.8, 4) is 0 Å². The third-order valence-corrected chi connectivity index (χ3v) is 5.35. The molecule has 1 aromatic carbocycles. The van der Waals surface area contributed by atoms with Gasteiger partial charge in [0.05, 0.1) is 5.92 Å². The van der Waals surface area contributed by atoms with E-state index in [2.05, 4.69) is 9.88 Å². The largest absolute Gasteiger partial charge is 0.353 e. The van der Waals surface area contributed by atoms with Crippen LogP contribution in [0.15, 0.2) is 48.7 Å². The molecule has 0 saturated carbocycles. The number of aromatic nitrogens is 1. The summed E-state index contributed by atoms with van der Waals surface area (Å²) in [4.78, 5) is 35.6. The number of anilines is 2. The fourth-order valence-electron chi connectivity index (χ4n) is 3.87. The van der Waals surface area contributed by atoms with E-state index in [0.29, 0.717) is 26.1 Å². The van der Waals surface area contributed by atoms with Crippen LogP contribution < -0.4 is 9.80 Å². The van der Waals surface area contributed by atoms with Gasteiger partial charge in [-0.3, -0.25) is 9.59 Å². The summed E-state index contributed by atoms with van der Waals surface area (Å²) in [6, 6.07) is 13.8. The van der Waals surface area contributed by atoms with Crippen LogP contribution in [0.5, 0.6) is 0 Å². The molecule has 2 aliphatic heterocycles. The Labute approximate surface area is 159 Å². The van der Waals surface area contributed by atoms with Crippen molar-refractivity contribution in [2.45, 2.75) is 13.3 Å². The van der Waals surface area contributed by atoms with Crippen molar-refractivity contribution < 1.29 is 9.59 Å². The van der Waals surface area contributed by atoms with Crippen molar-refractivity contribution in [2.75, 3.05) is 42.5 Å². The molecule has 140 valence electrons. The second kappa shape index (κ2) is 7.39. The molecular formula is C21H24N4O2. The molecule has 27 heavy (non-hydrogen) atoms. The second-order valence-electron chi connectivity index (χ2n) is 7.24. The van der Waals surface area contributed by atoms with E-state index in [1.807, 2.05) is 54.3 Å². The van der Waals surface area contributed by atoms with E-state index in [0.717, 1.165) is 30.2 Å². The highest BCUT2D eigenvalue weighted by atomic mass is 16.2. The van der Waals surface area contributed by atoms with E-state index >= 15 is 0 Å². The molecule has 0 spiro atoms. The minimum atomic E-state index is -0.251. The normalized spacial score (nSPS) is 20.3. The van der Waals surface area contributed by atoms with Crippen molar-refractivity contribution in [3.05, 3.63) is 54.2 Å². The fourth-order valence-corrected chi connectivity index (χ4v) is 3.87. The summed E-state index contributed by atoms with van der Waals surface area (Å²) in [5.74, 6) is 0.830. The quantitative estimate of drug-likeness (QED) is 0.837. The Morgan fingerprint density at radius 3 is 2.59 bits per heavy atom. The molecule has 2 amide bonds. The van der Waals surface area contributed by atoms with E-state index in [4.69, 9.17) is 0 Å². The van der Waals surface area contributed by atoms with Crippen LogP contribution in [0.25, 0.3) is 0 Å². The number of aryl methyl sites for hydroxylation is 1. The lowest BCUT2D eigenvalue weighted by Gasteiger charge is -2.36. The van der Waals surface area contributed by atoms with E-state index in [-0.39, 0.29) is 17.7 Å². The van der Waals surface area contributed by atoms with Gasteiger partial charge >= 0.3 is 0 Å². The average molecular weight is 364 g/mol. The minimum absolute atomic E-state index is 0.0334. The van der Waals surface area contributed by atoms with Crippen LogP contribution in [0.3, 0.4) is 0 Å². The summed E-state index contributed by atoms with van der Waals surface area (Å²) >= 11 is 0. The number of carbonyl (C=O) groups excluding carboxylic acids is 2. The SMILES string of the molecule is Cc1cccc(N2CC(C(=O)N3CCN(c4ccccn4)CC3)CC2=O)c1.